The molecule has 1 amide bonds. The Morgan fingerprint density at radius 1 is 1.45 bits per heavy atom. The summed E-state index contributed by atoms with van der Waals surface area (Å²) in [7, 11) is 0. The van der Waals surface area contributed by atoms with Crippen LogP contribution in [0.4, 0.5) is 0 Å². The molecule has 1 heterocycles. The molecule has 0 aliphatic rings. The summed E-state index contributed by atoms with van der Waals surface area (Å²) < 4.78 is 0. The first kappa shape index (κ1) is 15.0. The fourth-order valence-corrected chi connectivity index (χ4v) is 2.74. The first-order valence-corrected chi connectivity index (χ1v) is 7.90. The second-order valence-electron chi connectivity index (χ2n) is 4.96. The van der Waals surface area contributed by atoms with Gasteiger partial charge in [-0.05, 0) is 18.1 Å². The summed E-state index contributed by atoms with van der Waals surface area (Å²) >= 11 is 7.30. The molecule has 0 atom stereocenters. The first-order valence-electron chi connectivity index (χ1n) is 6.49. The molecule has 0 saturated carbocycles. The molecule has 0 unspecified atom stereocenters. The second-order valence-corrected chi connectivity index (χ2v) is 6.09. The molecule has 2 rings (SSSR count). The highest BCUT2D eigenvalue weighted by atomic mass is 35.5. The van der Waals surface area contributed by atoms with Gasteiger partial charge >= 0.3 is 0 Å². The molecule has 0 fully saturated rings. The number of benzene rings is 1. The fraction of sp³-hybridized carbons (Fsp3) is 0.333. The number of aromatic nitrogens is 1. The van der Waals surface area contributed by atoms with Gasteiger partial charge in [0.25, 0.3) is 5.91 Å². The minimum Gasteiger partial charge on any atom is -0.352 e. The largest absolute Gasteiger partial charge is 0.352 e. The molecular formula is C15H17ClN2OS. The van der Waals surface area contributed by atoms with Crippen LogP contribution in [0.2, 0.25) is 0 Å². The number of amides is 1. The molecular weight excluding hydrogens is 292 g/mol. The van der Waals surface area contributed by atoms with Gasteiger partial charge in [-0.25, -0.2) is 4.98 Å². The normalized spacial score (nSPS) is 10.8. The van der Waals surface area contributed by atoms with Gasteiger partial charge in [0.2, 0.25) is 0 Å². The molecule has 2 aromatic rings. The van der Waals surface area contributed by atoms with Crippen LogP contribution in [0.5, 0.6) is 0 Å². The van der Waals surface area contributed by atoms with Gasteiger partial charge in [0.15, 0.2) is 0 Å². The fourth-order valence-electron chi connectivity index (χ4n) is 1.69. The SMILES string of the molecule is CC(C)CNC(=O)c1cccc(-c2nc(CCl)cs2)c1. The van der Waals surface area contributed by atoms with Crippen LogP contribution in [0.25, 0.3) is 10.6 Å². The van der Waals surface area contributed by atoms with E-state index < -0.39 is 0 Å². The lowest BCUT2D eigenvalue weighted by Gasteiger charge is -2.08. The van der Waals surface area contributed by atoms with Crippen molar-refractivity contribution in [3.63, 3.8) is 0 Å². The minimum atomic E-state index is -0.0466. The molecule has 1 N–H and O–H groups in total. The van der Waals surface area contributed by atoms with Gasteiger partial charge in [0.05, 0.1) is 11.6 Å². The van der Waals surface area contributed by atoms with Gasteiger partial charge in [-0.2, -0.15) is 0 Å². The molecule has 106 valence electrons. The maximum Gasteiger partial charge on any atom is 0.251 e. The summed E-state index contributed by atoms with van der Waals surface area (Å²) in [4.78, 5) is 16.5. The van der Waals surface area contributed by atoms with E-state index >= 15 is 0 Å². The monoisotopic (exact) mass is 308 g/mol. The van der Waals surface area contributed by atoms with Crippen molar-refractivity contribution in [3.05, 3.63) is 40.9 Å². The van der Waals surface area contributed by atoms with Crippen molar-refractivity contribution in [2.45, 2.75) is 19.7 Å². The zero-order valence-corrected chi connectivity index (χ0v) is 13.1. The Morgan fingerprint density at radius 3 is 2.90 bits per heavy atom. The minimum absolute atomic E-state index is 0.0466. The number of hydrogen-bond donors (Lipinski definition) is 1. The Bertz CT molecular complexity index is 595. The molecule has 0 saturated heterocycles. The smallest absolute Gasteiger partial charge is 0.251 e. The highest BCUT2D eigenvalue weighted by Gasteiger charge is 2.09. The molecule has 3 nitrogen and oxygen atoms in total. The summed E-state index contributed by atoms with van der Waals surface area (Å²) in [6.45, 7) is 4.82. The van der Waals surface area contributed by atoms with E-state index in [-0.39, 0.29) is 5.91 Å². The van der Waals surface area contributed by atoms with E-state index in [1.807, 2.05) is 29.6 Å². The molecule has 0 bridgehead atoms. The van der Waals surface area contributed by atoms with E-state index in [9.17, 15) is 4.79 Å². The maximum atomic E-state index is 12.0. The van der Waals surface area contributed by atoms with Crippen molar-refractivity contribution in [1.29, 1.82) is 0 Å². The van der Waals surface area contributed by atoms with Gasteiger partial charge in [-0.1, -0.05) is 26.0 Å². The van der Waals surface area contributed by atoms with Gasteiger partial charge in [0.1, 0.15) is 5.01 Å². The van der Waals surface area contributed by atoms with Crippen LogP contribution in [0.1, 0.15) is 29.9 Å². The zero-order chi connectivity index (χ0) is 14.5. The van der Waals surface area contributed by atoms with Gasteiger partial charge in [0, 0.05) is 23.1 Å². The quantitative estimate of drug-likeness (QED) is 0.850. The number of halogens is 1. The lowest BCUT2D eigenvalue weighted by Crippen LogP contribution is -2.27. The Labute approximate surface area is 128 Å². The number of carbonyl (C=O) groups excluding carboxylic acids is 1. The third kappa shape index (κ3) is 3.81. The number of carbonyl (C=O) groups is 1. The Morgan fingerprint density at radius 2 is 2.25 bits per heavy atom. The third-order valence-electron chi connectivity index (χ3n) is 2.73. The van der Waals surface area contributed by atoms with Crippen LogP contribution in [-0.4, -0.2) is 17.4 Å². The lowest BCUT2D eigenvalue weighted by atomic mass is 10.1. The molecule has 0 radical (unpaired) electrons. The molecule has 1 aromatic carbocycles. The number of nitrogens with one attached hydrogen (secondary N) is 1. The second kappa shape index (κ2) is 6.86. The van der Waals surface area contributed by atoms with Crippen molar-refractivity contribution in [2.24, 2.45) is 5.92 Å². The zero-order valence-electron chi connectivity index (χ0n) is 11.5. The average Bonchev–Trinajstić information content (AvgIpc) is 2.94. The summed E-state index contributed by atoms with van der Waals surface area (Å²) in [6, 6.07) is 7.51. The number of thiazole rings is 1. The van der Waals surface area contributed by atoms with Crippen LogP contribution in [0, 0.1) is 5.92 Å². The predicted molar refractivity (Wildman–Crippen MR) is 84.3 cm³/mol. The third-order valence-corrected chi connectivity index (χ3v) is 3.95. The van der Waals surface area contributed by atoms with Crippen LogP contribution in [0.15, 0.2) is 29.6 Å². The van der Waals surface area contributed by atoms with Crippen molar-refractivity contribution >= 4 is 28.8 Å². The summed E-state index contributed by atoms with van der Waals surface area (Å²) in [6.07, 6.45) is 0. The molecule has 0 aliphatic carbocycles. The molecule has 20 heavy (non-hydrogen) atoms. The van der Waals surface area contributed by atoms with Crippen molar-refractivity contribution < 1.29 is 4.79 Å². The van der Waals surface area contributed by atoms with E-state index in [1.165, 1.54) is 11.3 Å². The average molecular weight is 309 g/mol. The van der Waals surface area contributed by atoms with E-state index in [1.54, 1.807) is 0 Å². The molecule has 1 aromatic heterocycles. The number of rotatable bonds is 5. The van der Waals surface area contributed by atoms with Crippen LogP contribution in [-0.2, 0) is 5.88 Å². The predicted octanol–water partition coefficient (Wildman–Crippen LogP) is 3.93. The van der Waals surface area contributed by atoms with E-state index in [0.29, 0.717) is 23.9 Å². The highest BCUT2D eigenvalue weighted by molar-refractivity contribution is 7.13. The van der Waals surface area contributed by atoms with Crippen molar-refractivity contribution in [2.75, 3.05) is 6.54 Å². The number of nitrogens with zero attached hydrogens (tertiary/aromatic N) is 1. The van der Waals surface area contributed by atoms with Gasteiger partial charge in [-0.15, -0.1) is 22.9 Å². The van der Waals surface area contributed by atoms with Crippen LogP contribution in [0.3, 0.4) is 0 Å². The Hall–Kier alpha value is -1.39. The van der Waals surface area contributed by atoms with Crippen molar-refractivity contribution in [1.82, 2.24) is 10.3 Å². The first-order chi connectivity index (χ1) is 9.60. The molecule has 0 spiro atoms. The summed E-state index contributed by atoms with van der Waals surface area (Å²) in [5, 5.41) is 5.74. The maximum absolute atomic E-state index is 12.0. The molecule has 5 heteroatoms. The standard InChI is InChI=1S/C15H17ClN2OS/c1-10(2)8-17-14(19)11-4-3-5-12(6-11)15-18-13(7-16)9-20-15/h3-6,9-10H,7-8H2,1-2H3,(H,17,19). The molecule has 0 aliphatic heterocycles. The van der Waals surface area contributed by atoms with Gasteiger partial charge < -0.3 is 5.32 Å². The lowest BCUT2D eigenvalue weighted by molar-refractivity contribution is 0.0949. The van der Waals surface area contributed by atoms with Crippen LogP contribution < -0.4 is 5.32 Å². The number of alkyl halides is 1. The van der Waals surface area contributed by atoms with Crippen molar-refractivity contribution in [3.8, 4) is 10.6 Å². The van der Waals surface area contributed by atoms with E-state index in [2.05, 4.69) is 24.1 Å². The van der Waals surface area contributed by atoms with E-state index in [4.69, 9.17) is 11.6 Å². The van der Waals surface area contributed by atoms with Gasteiger partial charge in [-0.3, -0.25) is 4.79 Å². The number of hydrogen-bond acceptors (Lipinski definition) is 3. The topological polar surface area (TPSA) is 42.0 Å². The highest BCUT2D eigenvalue weighted by Crippen LogP contribution is 2.25. The summed E-state index contributed by atoms with van der Waals surface area (Å²) in [5.74, 6) is 0.799. The van der Waals surface area contributed by atoms with Crippen LogP contribution >= 0.6 is 22.9 Å². The van der Waals surface area contributed by atoms with E-state index in [0.717, 1.165) is 16.3 Å². The summed E-state index contributed by atoms with van der Waals surface area (Å²) in [5.41, 5.74) is 2.47. The Balaban J connectivity index is 2.17. The Kier molecular flexibility index (Phi) is 5.15.